The van der Waals surface area contributed by atoms with Crippen LogP contribution in [0, 0.1) is 6.92 Å². The molecule has 0 saturated carbocycles. The third kappa shape index (κ3) is 5.10. The maximum Gasteiger partial charge on any atom is 0.265 e. The minimum atomic E-state index is -1.45. The molecule has 3 aromatic heterocycles. The van der Waals surface area contributed by atoms with Crippen LogP contribution >= 0.6 is 11.6 Å². The third-order valence-electron chi connectivity index (χ3n) is 6.13. The fraction of sp³-hybridized carbons (Fsp3) is 0.269. The van der Waals surface area contributed by atoms with Crippen molar-refractivity contribution in [1.82, 2.24) is 24.8 Å². The highest BCUT2D eigenvalue weighted by Crippen LogP contribution is 2.26. The summed E-state index contributed by atoms with van der Waals surface area (Å²) < 4.78 is 20.7. The second kappa shape index (κ2) is 9.44. The van der Waals surface area contributed by atoms with Crippen molar-refractivity contribution >= 4 is 34.4 Å². The molecule has 0 radical (unpaired) electrons. The molecule has 0 spiro atoms. The van der Waals surface area contributed by atoms with E-state index in [0.29, 0.717) is 27.6 Å². The maximum absolute atomic E-state index is 14.0. The van der Waals surface area contributed by atoms with E-state index >= 15 is 0 Å². The van der Waals surface area contributed by atoms with Crippen molar-refractivity contribution in [2.75, 3.05) is 13.1 Å². The van der Waals surface area contributed by atoms with E-state index in [1.54, 1.807) is 43.5 Å². The Morgan fingerprint density at radius 2 is 1.89 bits per heavy atom. The highest BCUT2D eigenvalue weighted by molar-refractivity contribution is 6.30. The third-order valence-corrected chi connectivity index (χ3v) is 6.38. The highest BCUT2D eigenvalue weighted by atomic mass is 35.5. The molecule has 0 bridgehead atoms. The van der Waals surface area contributed by atoms with E-state index in [9.17, 15) is 18.8 Å². The number of rotatable bonds is 6. The summed E-state index contributed by atoms with van der Waals surface area (Å²) in [5.74, 6) is -0.0992. The largest absolute Gasteiger partial charge is 0.441 e. The van der Waals surface area contributed by atoms with Gasteiger partial charge in [0.2, 0.25) is 5.91 Å². The van der Waals surface area contributed by atoms with Gasteiger partial charge in [0, 0.05) is 35.6 Å². The predicted octanol–water partition coefficient (Wildman–Crippen LogP) is 3.51. The normalized spacial score (nSPS) is 14.4. The minimum Gasteiger partial charge on any atom is -0.441 e. The fourth-order valence-corrected chi connectivity index (χ4v) is 4.37. The summed E-state index contributed by atoms with van der Waals surface area (Å²) in [4.78, 5) is 49.1. The highest BCUT2D eigenvalue weighted by Gasteiger charge is 2.41. The number of carbonyl (C=O) groups is 2. The second-order valence-electron chi connectivity index (χ2n) is 9.30. The van der Waals surface area contributed by atoms with Crippen molar-refractivity contribution in [3.63, 3.8) is 0 Å². The molecular formula is C26H23ClFN5O4. The number of halogens is 2. The van der Waals surface area contributed by atoms with Crippen molar-refractivity contribution in [2.45, 2.75) is 32.6 Å². The molecule has 190 valence electrons. The lowest BCUT2D eigenvalue weighted by atomic mass is 9.99. The number of carbonyl (C=O) groups excluding carboxylic acids is 2. The van der Waals surface area contributed by atoms with Crippen LogP contribution in [0.2, 0.25) is 5.02 Å². The van der Waals surface area contributed by atoms with Crippen LogP contribution in [-0.4, -0.2) is 50.0 Å². The van der Waals surface area contributed by atoms with E-state index in [-0.39, 0.29) is 37.4 Å². The van der Waals surface area contributed by atoms with Crippen LogP contribution in [0.25, 0.3) is 22.4 Å². The van der Waals surface area contributed by atoms with E-state index in [0.717, 1.165) is 10.1 Å². The maximum atomic E-state index is 14.0. The number of amides is 2. The van der Waals surface area contributed by atoms with Crippen LogP contribution in [-0.2, 0) is 17.9 Å². The number of hydrogen-bond donors (Lipinski definition) is 1. The van der Waals surface area contributed by atoms with E-state index in [4.69, 9.17) is 16.0 Å². The van der Waals surface area contributed by atoms with Gasteiger partial charge in [-0.15, -0.1) is 0 Å². The average molecular weight is 524 g/mol. The Labute approximate surface area is 215 Å². The van der Waals surface area contributed by atoms with Gasteiger partial charge in [0.15, 0.2) is 11.7 Å². The molecule has 4 heterocycles. The van der Waals surface area contributed by atoms with Crippen molar-refractivity contribution in [1.29, 1.82) is 0 Å². The minimum absolute atomic E-state index is 0.0534. The number of aromatic nitrogens is 3. The van der Waals surface area contributed by atoms with E-state index in [1.807, 2.05) is 0 Å². The fourth-order valence-electron chi connectivity index (χ4n) is 4.25. The number of pyridine rings is 2. The molecule has 5 rings (SSSR count). The van der Waals surface area contributed by atoms with Crippen molar-refractivity contribution in [3.05, 3.63) is 81.2 Å². The molecule has 37 heavy (non-hydrogen) atoms. The molecule has 0 aliphatic carbocycles. The van der Waals surface area contributed by atoms with Gasteiger partial charge < -0.3 is 14.6 Å². The molecule has 0 atom stereocenters. The number of nitrogens with one attached hydrogen (secondary N) is 1. The van der Waals surface area contributed by atoms with Crippen molar-refractivity contribution in [3.8, 4) is 11.3 Å². The summed E-state index contributed by atoms with van der Waals surface area (Å²) in [5, 5.41) is 3.76. The van der Waals surface area contributed by atoms with Crippen LogP contribution < -0.4 is 10.9 Å². The molecule has 9 nitrogen and oxygen atoms in total. The zero-order valence-electron chi connectivity index (χ0n) is 20.1. The number of aryl methyl sites for hydroxylation is 1. The molecule has 1 N–H and O–H groups in total. The van der Waals surface area contributed by atoms with Gasteiger partial charge in [-0.2, -0.15) is 0 Å². The van der Waals surface area contributed by atoms with Gasteiger partial charge >= 0.3 is 0 Å². The van der Waals surface area contributed by atoms with Crippen LogP contribution in [0.15, 0.2) is 58.0 Å². The van der Waals surface area contributed by atoms with Crippen LogP contribution in [0.1, 0.15) is 28.7 Å². The number of alkyl halides is 1. The van der Waals surface area contributed by atoms with Gasteiger partial charge in [-0.1, -0.05) is 23.7 Å². The van der Waals surface area contributed by atoms with Crippen LogP contribution in [0.4, 0.5) is 4.39 Å². The molecule has 11 heteroatoms. The number of fused-ring (bicyclic) bond motifs is 1. The number of nitrogens with zero attached hydrogens (tertiary/aromatic N) is 4. The standard InChI is InChI=1S/C26H23ClFN5O4/c1-15-29-11-21(37-15)18-7-17-8-20(24(35)31-9-16-3-5-19(27)6-4-16)25(36)33(23(17)30-10-18)12-22(34)32-13-26(2,28)14-32/h3-8,10-11H,9,12-14H2,1-2H3,(H,31,35). The summed E-state index contributed by atoms with van der Waals surface area (Å²) in [6, 6.07) is 10.1. The Hall–Kier alpha value is -4.05. The summed E-state index contributed by atoms with van der Waals surface area (Å²) in [6.07, 6.45) is 3.06. The first-order valence-electron chi connectivity index (χ1n) is 11.6. The number of benzene rings is 1. The first kappa shape index (κ1) is 24.6. The van der Waals surface area contributed by atoms with Gasteiger partial charge in [0.1, 0.15) is 23.4 Å². The van der Waals surface area contributed by atoms with Crippen LogP contribution in [0.3, 0.4) is 0 Å². The summed E-state index contributed by atoms with van der Waals surface area (Å²) in [5.41, 5.74) is -0.668. The SMILES string of the molecule is Cc1ncc(-c2cnc3c(c2)cc(C(=O)NCc2ccc(Cl)cc2)c(=O)n3CC(=O)N2CC(C)(F)C2)o1. The Morgan fingerprint density at radius 1 is 1.16 bits per heavy atom. The summed E-state index contributed by atoms with van der Waals surface area (Å²) >= 11 is 5.92. The zero-order chi connectivity index (χ0) is 26.3. The Kier molecular flexibility index (Phi) is 6.28. The molecular weight excluding hydrogens is 501 g/mol. The molecule has 1 fully saturated rings. The lowest BCUT2D eigenvalue weighted by Gasteiger charge is -2.42. The zero-order valence-corrected chi connectivity index (χ0v) is 20.9. The Morgan fingerprint density at radius 3 is 2.54 bits per heavy atom. The van der Waals surface area contributed by atoms with Gasteiger partial charge in [0.05, 0.1) is 19.3 Å². The quantitative estimate of drug-likeness (QED) is 0.414. The number of likely N-dealkylation sites (tertiary alicyclic amines) is 1. The van der Waals surface area contributed by atoms with Crippen molar-refractivity contribution < 1.29 is 18.4 Å². The van der Waals surface area contributed by atoms with Gasteiger partial charge in [0.25, 0.3) is 11.5 Å². The summed E-state index contributed by atoms with van der Waals surface area (Å²) in [6.45, 7) is 2.81. The van der Waals surface area contributed by atoms with E-state index < -0.39 is 23.0 Å². The average Bonchev–Trinajstić information content (AvgIpc) is 3.29. The Bertz CT molecular complexity index is 1570. The van der Waals surface area contributed by atoms with Gasteiger partial charge in [-0.25, -0.2) is 14.4 Å². The molecule has 1 aromatic carbocycles. The topological polar surface area (TPSA) is 110 Å². The van der Waals surface area contributed by atoms with Gasteiger partial charge in [-0.3, -0.25) is 19.0 Å². The lowest BCUT2D eigenvalue weighted by Crippen LogP contribution is -2.60. The van der Waals surface area contributed by atoms with E-state index in [2.05, 4.69) is 15.3 Å². The van der Waals surface area contributed by atoms with Crippen molar-refractivity contribution in [2.24, 2.45) is 0 Å². The first-order chi connectivity index (χ1) is 17.6. The lowest BCUT2D eigenvalue weighted by molar-refractivity contribution is -0.144. The monoisotopic (exact) mass is 523 g/mol. The first-order valence-corrected chi connectivity index (χ1v) is 11.9. The number of oxazole rings is 1. The smallest absolute Gasteiger partial charge is 0.265 e. The van der Waals surface area contributed by atoms with Gasteiger partial charge in [-0.05, 0) is 36.8 Å². The molecule has 1 aliphatic heterocycles. The van der Waals surface area contributed by atoms with E-state index in [1.165, 1.54) is 24.1 Å². The number of hydrogen-bond acceptors (Lipinski definition) is 6. The molecule has 1 aliphatic rings. The molecule has 4 aromatic rings. The molecule has 0 unspecified atom stereocenters. The Balaban J connectivity index is 1.51. The molecule has 1 saturated heterocycles. The van der Waals surface area contributed by atoms with Crippen LogP contribution in [0.5, 0.6) is 0 Å². The second-order valence-corrected chi connectivity index (χ2v) is 9.74. The molecule has 2 amide bonds. The summed E-state index contributed by atoms with van der Waals surface area (Å²) in [7, 11) is 0. The predicted molar refractivity (Wildman–Crippen MR) is 135 cm³/mol.